The number of phenolic OH excluding ortho intramolecular Hbond substituents is 5. The van der Waals surface area contributed by atoms with Crippen molar-refractivity contribution in [1.29, 1.82) is 0 Å². The highest BCUT2D eigenvalue weighted by atomic mass is 16.7. The Labute approximate surface area is 300 Å². The Hall–Kier alpha value is -6.77. The third kappa shape index (κ3) is 8.25. The summed E-state index contributed by atoms with van der Waals surface area (Å²) < 4.78 is 29.1. The standard InChI is InChI=1S/C39H32O14/c1-20-35(51-30(45)16-6-21-2-10-24(40)11-3-21)34(48)38(52-31(46)17-7-22-4-12-25(41)13-5-22)39(49-20)53-37-33(47)32-28(44)18-27(43)19-29(32)50-36(37)23-8-14-26(42)15-9-23/h2-20,34-35,38-44,48H,1H3/b16-6-,17-7+/t20-,34+,35-,38+,39-/m0/s1. The van der Waals surface area contributed by atoms with Crippen LogP contribution in [0.15, 0.2) is 106 Å². The number of carbonyl (C=O) groups excluding carboxylic acids is 2. The zero-order valence-electron chi connectivity index (χ0n) is 27.7. The predicted octanol–water partition coefficient (Wildman–Crippen LogP) is 4.72. The Bertz CT molecular complexity index is 2240. The molecule has 1 fully saturated rings. The molecule has 4 aromatic carbocycles. The van der Waals surface area contributed by atoms with Gasteiger partial charge in [0.05, 0.1) is 6.10 Å². The monoisotopic (exact) mass is 724 g/mol. The molecule has 2 heterocycles. The highest BCUT2D eigenvalue weighted by molar-refractivity contribution is 5.89. The van der Waals surface area contributed by atoms with Crippen LogP contribution in [0.1, 0.15) is 18.1 Å². The van der Waals surface area contributed by atoms with Crippen molar-refractivity contribution in [2.75, 3.05) is 0 Å². The third-order valence-electron chi connectivity index (χ3n) is 8.15. The van der Waals surface area contributed by atoms with Crippen molar-refractivity contribution in [1.82, 2.24) is 0 Å². The van der Waals surface area contributed by atoms with Crippen LogP contribution in [0, 0.1) is 0 Å². The number of hydrogen-bond acceptors (Lipinski definition) is 14. The molecule has 1 aliphatic rings. The lowest BCUT2D eigenvalue weighted by Crippen LogP contribution is -2.61. The van der Waals surface area contributed by atoms with Gasteiger partial charge in [-0.3, -0.25) is 4.79 Å². The molecule has 1 aromatic heterocycles. The van der Waals surface area contributed by atoms with Crippen molar-refractivity contribution in [3.05, 3.63) is 118 Å². The van der Waals surface area contributed by atoms with Gasteiger partial charge in [-0.2, -0.15) is 0 Å². The quantitative estimate of drug-likeness (QED) is 0.0894. The molecule has 0 amide bonds. The number of carbonyl (C=O) groups is 2. The van der Waals surface area contributed by atoms with Crippen molar-refractivity contribution in [3.63, 3.8) is 0 Å². The molecule has 5 atom stereocenters. The zero-order chi connectivity index (χ0) is 37.8. The van der Waals surface area contributed by atoms with Gasteiger partial charge in [-0.25, -0.2) is 9.59 Å². The second kappa shape index (κ2) is 15.2. The van der Waals surface area contributed by atoms with Gasteiger partial charge >= 0.3 is 11.9 Å². The van der Waals surface area contributed by atoms with Gasteiger partial charge in [0.15, 0.2) is 18.0 Å². The van der Waals surface area contributed by atoms with E-state index in [4.69, 9.17) is 23.4 Å². The number of phenols is 5. The van der Waals surface area contributed by atoms with Gasteiger partial charge in [-0.05, 0) is 78.7 Å². The highest BCUT2D eigenvalue weighted by Gasteiger charge is 2.49. The minimum atomic E-state index is -1.80. The lowest BCUT2D eigenvalue weighted by atomic mass is 9.99. The number of hydrogen-bond donors (Lipinski definition) is 6. The Morgan fingerprint density at radius 3 is 1.75 bits per heavy atom. The Kier molecular flexibility index (Phi) is 10.4. The van der Waals surface area contributed by atoms with Crippen molar-refractivity contribution in [3.8, 4) is 45.8 Å². The summed E-state index contributed by atoms with van der Waals surface area (Å²) in [6.45, 7) is 1.45. The van der Waals surface area contributed by atoms with Crippen LogP contribution >= 0.6 is 0 Å². The average molecular weight is 725 g/mol. The Morgan fingerprint density at radius 1 is 0.698 bits per heavy atom. The first-order chi connectivity index (χ1) is 25.4. The molecule has 0 aliphatic carbocycles. The van der Waals surface area contributed by atoms with Crippen molar-refractivity contribution >= 4 is 35.1 Å². The van der Waals surface area contributed by atoms with E-state index in [9.17, 15) is 45.0 Å². The topological polar surface area (TPSA) is 223 Å². The number of aliphatic hydroxyl groups excluding tert-OH is 1. The van der Waals surface area contributed by atoms with Gasteiger partial charge in [0.25, 0.3) is 0 Å². The molecule has 5 aromatic rings. The summed E-state index contributed by atoms with van der Waals surface area (Å²) in [5.41, 5.74) is 0.154. The molecule has 6 N–H and O–H groups in total. The van der Waals surface area contributed by atoms with Crippen LogP contribution in [0.5, 0.6) is 34.5 Å². The Balaban J connectivity index is 1.35. The first kappa shape index (κ1) is 36.0. The van der Waals surface area contributed by atoms with E-state index in [-0.39, 0.29) is 39.5 Å². The maximum atomic E-state index is 14.0. The minimum Gasteiger partial charge on any atom is -0.508 e. The van der Waals surface area contributed by atoms with Crippen LogP contribution in [0.3, 0.4) is 0 Å². The summed E-state index contributed by atoms with van der Waals surface area (Å²) in [6.07, 6.45) is -2.93. The molecule has 6 rings (SSSR count). The molecular formula is C39H32O14. The van der Waals surface area contributed by atoms with E-state index in [1.54, 1.807) is 12.1 Å². The predicted molar refractivity (Wildman–Crippen MR) is 188 cm³/mol. The lowest BCUT2D eigenvalue weighted by Gasteiger charge is -2.41. The summed E-state index contributed by atoms with van der Waals surface area (Å²) in [4.78, 5) is 40.0. The van der Waals surface area contributed by atoms with Crippen LogP contribution in [-0.2, 0) is 23.8 Å². The van der Waals surface area contributed by atoms with E-state index in [0.717, 1.165) is 24.3 Å². The van der Waals surface area contributed by atoms with Crippen LogP contribution in [0.2, 0.25) is 0 Å². The van der Waals surface area contributed by atoms with Gasteiger partial charge in [-0.15, -0.1) is 0 Å². The first-order valence-corrected chi connectivity index (χ1v) is 16.0. The molecule has 53 heavy (non-hydrogen) atoms. The molecular weight excluding hydrogens is 692 g/mol. The maximum absolute atomic E-state index is 14.0. The lowest BCUT2D eigenvalue weighted by molar-refractivity contribution is -0.275. The van der Waals surface area contributed by atoms with Gasteiger partial charge in [0.2, 0.25) is 17.5 Å². The normalized spacial score (nSPS) is 20.1. The number of aromatic hydroxyl groups is 5. The highest BCUT2D eigenvalue weighted by Crippen LogP contribution is 2.38. The molecule has 1 saturated heterocycles. The largest absolute Gasteiger partial charge is 0.508 e. The van der Waals surface area contributed by atoms with Crippen molar-refractivity contribution in [2.24, 2.45) is 0 Å². The number of fused-ring (bicyclic) bond motifs is 1. The molecule has 272 valence electrons. The summed E-state index contributed by atoms with van der Waals surface area (Å²) >= 11 is 0. The van der Waals surface area contributed by atoms with E-state index in [2.05, 4.69) is 0 Å². The van der Waals surface area contributed by atoms with Crippen molar-refractivity contribution < 1.29 is 63.6 Å². The van der Waals surface area contributed by atoms with E-state index in [1.807, 2.05) is 0 Å². The average Bonchev–Trinajstić information content (AvgIpc) is 3.12. The second-order valence-electron chi connectivity index (χ2n) is 11.9. The molecule has 0 spiro atoms. The van der Waals surface area contributed by atoms with E-state index < -0.39 is 65.3 Å². The molecule has 0 unspecified atom stereocenters. The molecule has 0 saturated carbocycles. The first-order valence-electron chi connectivity index (χ1n) is 16.0. The molecule has 14 heteroatoms. The fraction of sp³-hybridized carbons (Fsp3) is 0.154. The van der Waals surface area contributed by atoms with Crippen LogP contribution < -0.4 is 10.2 Å². The Morgan fingerprint density at radius 2 is 1.21 bits per heavy atom. The summed E-state index contributed by atoms with van der Waals surface area (Å²) in [7, 11) is 0. The minimum absolute atomic E-state index is 0.00905. The summed E-state index contributed by atoms with van der Waals surface area (Å²) in [5, 5.41) is 60.8. The number of benzene rings is 4. The van der Waals surface area contributed by atoms with Gasteiger partial charge in [0.1, 0.15) is 45.8 Å². The fourth-order valence-electron chi connectivity index (χ4n) is 5.52. The van der Waals surface area contributed by atoms with Crippen LogP contribution in [0.4, 0.5) is 0 Å². The second-order valence-corrected chi connectivity index (χ2v) is 11.9. The number of ether oxygens (including phenoxy) is 4. The molecule has 1 aliphatic heterocycles. The van der Waals surface area contributed by atoms with E-state index >= 15 is 0 Å². The van der Waals surface area contributed by atoms with E-state index in [0.29, 0.717) is 11.1 Å². The molecule has 0 bridgehead atoms. The maximum Gasteiger partial charge on any atom is 0.331 e. The van der Waals surface area contributed by atoms with Gasteiger partial charge in [0, 0.05) is 29.8 Å². The SMILES string of the molecule is C[C@@H]1O[C@@H](Oc2c(-c3ccc(O)cc3)oc3cc(O)cc(O)c3c2=O)[C@H](OC(=O)/C=C/c2ccc(O)cc2)[C@H](O)[C@H]1OC(=O)/C=C\c1ccc(O)cc1. The summed E-state index contributed by atoms with van der Waals surface area (Å²) in [5.74, 6) is -3.77. The molecule has 0 radical (unpaired) electrons. The fourth-order valence-corrected chi connectivity index (χ4v) is 5.52. The number of esters is 2. The summed E-state index contributed by atoms with van der Waals surface area (Å²) in [6, 6.07) is 19.3. The third-order valence-corrected chi connectivity index (χ3v) is 8.15. The van der Waals surface area contributed by atoms with Gasteiger partial charge in [-0.1, -0.05) is 24.3 Å². The molecule has 14 nitrogen and oxygen atoms in total. The zero-order valence-corrected chi connectivity index (χ0v) is 27.7. The number of rotatable bonds is 9. The van der Waals surface area contributed by atoms with Crippen LogP contribution in [-0.4, -0.2) is 73.3 Å². The number of aliphatic hydroxyl groups is 1. The van der Waals surface area contributed by atoms with Crippen molar-refractivity contribution in [2.45, 2.75) is 37.6 Å². The van der Waals surface area contributed by atoms with Gasteiger partial charge < -0.3 is 54.0 Å². The van der Waals surface area contributed by atoms with Crippen LogP contribution in [0.25, 0.3) is 34.4 Å². The smallest absolute Gasteiger partial charge is 0.331 e. The van der Waals surface area contributed by atoms with E-state index in [1.165, 1.54) is 79.7 Å².